The zero-order chi connectivity index (χ0) is 11.1. The number of aromatic nitrogens is 2. The highest BCUT2D eigenvalue weighted by Crippen LogP contribution is 2.24. The van der Waals surface area contributed by atoms with Gasteiger partial charge in [0.1, 0.15) is 11.0 Å². The Bertz CT molecular complexity index is 552. The molecular weight excluding hydrogens is 224 g/mol. The Labute approximate surface area is 96.2 Å². The molecule has 1 aliphatic rings. The molecule has 2 N–H and O–H groups in total. The Balaban J connectivity index is 2.02. The van der Waals surface area contributed by atoms with Crippen LogP contribution in [0.2, 0.25) is 0 Å². The number of amides is 1. The Morgan fingerprint density at radius 1 is 1.38 bits per heavy atom. The first-order valence-corrected chi connectivity index (χ1v) is 5.75. The van der Waals surface area contributed by atoms with E-state index in [4.69, 9.17) is 5.73 Å². The number of anilines is 1. The van der Waals surface area contributed by atoms with Crippen molar-refractivity contribution in [2.45, 2.75) is 12.5 Å². The Kier molecular flexibility index (Phi) is 2.12. The molecule has 0 saturated carbocycles. The van der Waals surface area contributed by atoms with E-state index >= 15 is 0 Å². The summed E-state index contributed by atoms with van der Waals surface area (Å²) >= 11 is 1.18. The van der Waals surface area contributed by atoms with Gasteiger partial charge in [-0.1, -0.05) is 0 Å². The molecule has 1 aromatic carbocycles. The van der Waals surface area contributed by atoms with Crippen molar-refractivity contribution < 1.29 is 4.79 Å². The predicted octanol–water partition coefficient (Wildman–Crippen LogP) is 0.755. The minimum absolute atomic E-state index is 0.0586. The molecule has 3 rings (SSSR count). The van der Waals surface area contributed by atoms with E-state index in [-0.39, 0.29) is 11.9 Å². The van der Waals surface area contributed by atoms with Crippen molar-refractivity contribution in [2.75, 3.05) is 11.4 Å². The van der Waals surface area contributed by atoms with Crippen LogP contribution in [-0.4, -0.2) is 27.2 Å². The number of hydrogen-bond acceptors (Lipinski definition) is 5. The van der Waals surface area contributed by atoms with Crippen LogP contribution in [0.1, 0.15) is 6.42 Å². The van der Waals surface area contributed by atoms with Gasteiger partial charge >= 0.3 is 0 Å². The van der Waals surface area contributed by atoms with Crippen LogP contribution in [0.25, 0.3) is 11.0 Å². The van der Waals surface area contributed by atoms with Gasteiger partial charge in [0.25, 0.3) is 0 Å². The van der Waals surface area contributed by atoms with Gasteiger partial charge in [0.2, 0.25) is 5.91 Å². The fraction of sp³-hybridized carbons (Fsp3) is 0.300. The summed E-state index contributed by atoms with van der Waals surface area (Å²) in [5.41, 5.74) is 8.31. The number of nitrogens with two attached hydrogens (primary N) is 1. The number of nitrogens with zero attached hydrogens (tertiary/aromatic N) is 3. The normalized spacial score (nSPS) is 20.9. The standard InChI is InChI=1S/C10H10N4OS/c11-6-3-10(15)14(5-6)7-1-2-8-9(4-7)13-16-12-8/h1-2,4,6H,3,5,11H2. The molecule has 82 valence electrons. The second kappa shape index (κ2) is 3.50. The second-order valence-electron chi connectivity index (χ2n) is 3.91. The van der Waals surface area contributed by atoms with E-state index in [1.165, 1.54) is 11.7 Å². The predicted molar refractivity (Wildman–Crippen MR) is 62.4 cm³/mol. The molecule has 1 aliphatic heterocycles. The average Bonchev–Trinajstić information content (AvgIpc) is 2.83. The van der Waals surface area contributed by atoms with Crippen molar-refractivity contribution >= 4 is 34.4 Å². The van der Waals surface area contributed by atoms with Gasteiger partial charge < -0.3 is 10.6 Å². The largest absolute Gasteiger partial charge is 0.326 e. The summed E-state index contributed by atoms with van der Waals surface area (Å²) in [5, 5.41) is 0. The molecule has 1 unspecified atom stereocenters. The molecule has 1 amide bonds. The summed E-state index contributed by atoms with van der Waals surface area (Å²) in [6.45, 7) is 0.585. The first-order chi connectivity index (χ1) is 7.74. The average molecular weight is 234 g/mol. The molecule has 2 heterocycles. The van der Waals surface area contributed by atoms with E-state index in [1.54, 1.807) is 4.90 Å². The number of benzene rings is 1. The summed E-state index contributed by atoms with van der Waals surface area (Å²) in [5.74, 6) is 0.0787. The first-order valence-electron chi connectivity index (χ1n) is 5.02. The third kappa shape index (κ3) is 1.46. The number of rotatable bonds is 1. The maximum Gasteiger partial charge on any atom is 0.228 e. The molecule has 0 aliphatic carbocycles. The summed E-state index contributed by atoms with van der Waals surface area (Å²) < 4.78 is 8.28. The summed E-state index contributed by atoms with van der Waals surface area (Å²) in [6.07, 6.45) is 0.424. The summed E-state index contributed by atoms with van der Waals surface area (Å²) in [6, 6.07) is 5.59. The van der Waals surface area contributed by atoms with Crippen molar-refractivity contribution in [1.82, 2.24) is 8.75 Å². The molecule has 2 aromatic rings. The van der Waals surface area contributed by atoms with Gasteiger partial charge in [0.05, 0.1) is 11.7 Å². The first kappa shape index (κ1) is 9.68. The molecule has 0 radical (unpaired) electrons. The Hall–Kier alpha value is -1.53. The minimum atomic E-state index is -0.0586. The Morgan fingerprint density at radius 2 is 2.19 bits per heavy atom. The number of fused-ring (bicyclic) bond motifs is 1. The minimum Gasteiger partial charge on any atom is -0.326 e. The smallest absolute Gasteiger partial charge is 0.228 e. The van der Waals surface area contributed by atoms with Crippen LogP contribution in [0.5, 0.6) is 0 Å². The van der Waals surface area contributed by atoms with Gasteiger partial charge in [-0.2, -0.15) is 8.75 Å². The van der Waals surface area contributed by atoms with E-state index in [0.29, 0.717) is 13.0 Å². The quantitative estimate of drug-likeness (QED) is 0.790. The topological polar surface area (TPSA) is 72.1 Å². The number of hydrogen-bond donors (Lipinski definition) is 1. The SMILES string of the molecule is NC1CC(=O)N(c2ccc3nsnc3c2)C1. The van der Waals surface area contributed by atoms with E-state index in [1.807, 2.05) is 18.2 Å². The van der Waals surface area contributed by atoms with Crippen molar-refractivity contribution in [3.63, 3.8) is 0 Å². The maximum atomic E-state index is 11.7. The van der Waals surface area contributed by atoms with E-state index in [2.05, 4.69) is 8.75 Å². The fourth-order valence-electron chi connectivity index (χ4n) is 1.92. The monoisotopic (exact) mass is 234 g/mol. The zero-order valence-electron chi connectivity index (χ0n) is 8.46. The molecule has 16 heavy (non-hydrogen) atoms. The van der Waals surface area contributed by atoms with E-state index < -0.39 is 0 Å². The molecule has 1 fully saturated rings. The van der Waals surface area contributed by atoms with Crippen LogP contribution in [0.4, 0.5) is 5.69 Å². The lowest BCUT2D eigenvalue weighted by molar-refractivity contribution is -0.117. The molecular formula is C10H10N4OS. The van der Waals surface area contributed by atoms with Crippen LogP contribution in [0, 0.1) is 0 Å². The van der Waals surface area contributed by atoms with Crippen LogP contribution in [0.15, 0.2) is 18.2 Å². The maximum absolute atomic E-state index is 11.7. The third-order valence-corrected chi connectivity index (χ3v) is 3.26. The van der Waals surface area contributed by atoms with Crippen LogP contribution < -0.4 is 10.6 Å². The van der Waals surface area contributed by atoms with Gasteiger partial charge in [0.15, 0.2) is 0 Å². The highest BCUT2D eigenvalue weighted by Gasteiger charge is 2.28. The van der Waals surface area contributed by atoms with Gasteiger partial charge in [-0.3, -0.25) is 4.79 Å². The van der Waals surface area contributed by atoms with Gasteiger partial charge in [0, 0.05) is 24.7 Å². The van der Waals surface area contributed by atoms with Crippen molar-refractivity contribution in [2.24, 2.45) is 5.73 Å². The van der Waals surface area contributed by atoms with Crippen molar-refractivity contribution in [3.05, 3.63) is 18.2 Å². The van der Waals surface area contributed by atoms with Gasteiger partial charge in [-0.25, -0.2) is 0 Å². The van der Waals surface area contributed by atoms with E-state index in [0.717, 1.165) is 16.7 Å². The molecule has 0 bridgehead atoms. The lowest BCUT2D eigenvalue weighted by Crippen LogP contribution is -2.27. The molecule has 1 saturated heterocycles. The highest BCUT2D eigenvalue weighted by molar-refractivity contribution is 7.00. The molecule has 6 heteroatoms. The zero-order valence-corrected chi connectivity index (χ0v) is 9.28. The van der Waals surface area contributed by atoms with Gasteiger partial charge in [-0.15, -0.1) is 0 Å². The fourth-order valence-corrected chi connectivity index (χ4v) is 2.44. The summed E-state index contributed by atoms with van der Waals surface area (Å²) in [7, 11) is 0. The summed E-state index contributed by atoms with van der Waals surface area (Å²) in [4.78, 5) is 13.4. The van der Waals surface area contributed by atoms with Crippen LogP contribution >= 0.6 is 11.7 Å². The highest BCUT2D eigenvalue weighted by atomic mass is 32.1. The van der Waals surface area contributed by atoms with Crippen LogP contribution in [-0.2, 0) is 4.79 Å². The van der Waals surface area contributed by atoms with E-state index in [9.17, 15) is 4.79 Å². The lowest BCUT2D eigenvalue weighted by Gasteiger charge is -2.15. The van der Waals surface area contributed by atoms with Crippen molar-refractivity contribution in [1.29, 1.82) is 0 Å². The molecule has 1 aromatic heterocycles. The lowest BCUT2D eigenvalue weighted by atomic mass is 10.2. The third-order valence-electron chi connectivity index (χ3n) is 2.70. The molecule has 5 nitrogen and oxygen atoms in total. The van der Waals surface area contributed by atoms with Gasteiger partial charge in [-0.05, 0) is 18.2 Å². The molecule has 1 atom stereocenters. The molecule has 0 spiro atoms. The Morgan fingerprint density at radius 3 is 2.94 bits per heavy atom. The van der Waals surface area contributed by atoms with Crippen molar-refractivity contribution in [3.8, 4) is 0 Å². The number of carbonyl (C=O) groups excluding carboxylic acids is 1. The number of carbonyl (C=O) groups is 1. The second-order valence-corrected chi connectivity index (χ2v) is 4.43. The van der Waals surface area contributed by atoms with Crippen LogP contribution in [0.3, 0.4) is 0 Å².